The number of azo groups is 1. The maximum absolute atomic E-state index is 11.2. The van der Waals surface area contributed by atoms with Crippen LogP contribution in [0.1, 0.15) is 6.92 Å². The van der Waals surface area contributed by atoms with E-state index >= 15 is 0 Å². The van der Waals surface area contributed by atoms with E-state index in [0.717, 1.165) is 0 Å². The Labute approximate surface area is 92.8 Å². The molecule has 1 aromatic carbocycles. The summed E-state index contributed by atoms with van der Waals surface area (Å²) in [6, 6.07) is 7.47. The number of carbonyl (C=O) groups is 2. The van der Waals surface area contributed by atoms with Gasteiger partial charge in [-0.05, 0) is 19.1 Å². The van der Waals surface area contributed by atoms with Crippen molar-refractivity contribution in [2.75, 3.05) is 11.9 Å². The molecule has 0 saturated carbocycles. The fraction of sp³-hybridized carbons (Fsp3) is 0.200. The van der Waals surface area contributed by atoms with Crippen LogP contribution in [0.15, 0.2) is 40.6 Å². The molecule has 0 atom stereocenters. The number of para-hydroxylation sites is 1. The van der Waals surface area contributed by atoms with Crippen molar-refractivity contribution in [3.05, 3.63) is 30.3 Å². The average molecular weight is 220 g/mol. The van der Waals surface area contributed by atoms with Crippen LogP contribution in [0, 0.1) is 0 Å². The van der Waals surface area contributed by atoms with E-state index in [1.54, 1.807) is 31.2 Å². The van der Waals surface area contributed by atoms with E-state index in [1.165, 1.54) is 0 Å². The average Bonchev–Trinajstić information content (AvgIpc) is 2.28. The third kappa shape index (κ3) is 4.32. The molecule has 84 valence electrons. The summed E-state index contributed by atoms with van der Waals surface area (Å²) < 4.78 is 0. The van der Waals surface area contributed by atoms with Crippen LogP contribution in [0.2, 0.25) is 0 Å². The number of anilines is 1. The van der Waals surface area contributed by atoms with Crippen LogP contribution in [0.4, 0.5) is 15.3 Å². The number of benzene rings is 1. The van der Waals surface area contributed by atoms with Gasteiger partial charge in [0.25, 0.3) is 0 Å². The highest BCUT2D eigenvalue weighted by Gasteiger charge is 2.00. The van der Waals surface area contributed by atoms with Gasteiger partial charge in [0.05, 0.1) is 0 Å². The summed E-state index contributed by atoms with van der Waals surface area (Å²) in [7, 11) is 0. The zero-order valence-electron chi connectivity index (χ0n) is 8.80. The number of hydrogen-bond donors (Lipinski definition) is 2. The van der Waals surface area contributed by atoms with Gasteiger partial charge in [-0.2, -0.15) is 0 Å². The second-order valence-corrected chi connectivity index (χ2v) is 2.83. The van der Waals surface area contributed by atoms with E-state index in [2.05, 4.69) is 20.9 Å². The summed E-state index contributed by atoms with van der Waals surface area (Å²) in [6.45, 7) is 2.19. The lowest BCUT2D eigenvalue weighted by Crippen LogP contribution is -2.18. The summed E-state index contributed by atoms with van der Waals surface area (Å²) in [5.41, 5.74) is 0.599. The van der Waals surface area contributed by atoms with Gasteiger partial charge in [0.2, 0.25) is 0 Å². The molecular weight excluding hydrogens is 208 g/mol. The summed E-state index contributed by atoms with van der Waals surface area (Å²) >= 11 is 0. The maximum atomic E-state index is 11.2. The van der Waals surface area contributed by atoms with Gasteiger partial charge < -0.3 is 10.6 Å². The zero-order valence-corrected chi connectivity index (χ0v) is 8.80. The third-order valence-electron chi connectivity index (χ3n) is 1.58. The van der Waals surface area contributed by atoms with Crippen molar-refractivity contribution in [2.45, 2.75) is 6.92 Å². The zero-order chi connectivity index (χ0) is 11.8. The number of urea groups is 2. The minimum Gasteiger partial charge on any atom is -0.335 e. The molecule has 2 N–H and O–H groups in total. The Kier molecular flexibility index (Phi) is 4.65. The van der Waals surface area contributed by atoms with E-state index in [9.17, 15) is 9.59 Å². The van der Waals surface area contributed by atoms with E-state index in [-0.39, 0.29) is 0 Å². The maximum Gasteiger partial charge on any atom is 0.364 e. The molecule has 0 spiro atoms. The van der Waals surface area contributed by atoms with Gasteiger partial charge >= 0.3 is 12.1 Å². The molecule has 0 fully saturated rings. The van der Waals surface area contributed by atoms with Crippen LogP contribution in [-0.4, -0.2) is 18.6 Å². The minimum absolute atomic E-state index is 0.443. The molecule has 0 aliphatic rings. The molecule has 6 nitrogen and oxygen atoms in total. The lowest BCUT2D eigenvalue weighted by molar-refractivity contribution is 0.245. The Balaban J connectivity index is 2.45. The number of rotatable bonds is 2. The standard InChI is InChI=1S/C10H12N4O2/c1-2-11-9(15)13-14-10(16)12-8-6-4-3-5-7-8/h3-7H,2H2,1H3,(H,11,15)(H,12,16). The molecular formula is C10H12N4O2. The first-order valence-corrected chi connectivity index (χ1v) is 4.78. The summed E-state index contributed by atoms with van der Waals surface area (Å²) in [6.07, 6.45) is 0. The third-order valence-corrected chi connectivity index (χ3v) is 1.58. The fourth-order valence-electron chi connectivity index (χ4n) is 0.947. The molecule has 4 amide bonds. The summed E-state index contributed by atoms with van der Waals surface area (Å²) in [5, 5.41) is 11.2. The number of hydrogen-bond acceptors (Lipinski definition) is 2. The number of carbonyl (C=O) groups excluding carboxylic acids is 2. The molecule has 0 unspecified atom stereocenters. The van der Waals surface area contributed by atoms with E-state index < -0.39 is 12.1 Å². The van der Waals surface area contributed by atoms with Gasteiger partial charge in [0.1, 0.15) is 0 Å². The van der Waals surface area contributed by atoms with Crippen LogP contribution in [0.25, 0.3) is 0 Å². The lowest BCUT2D eigenvalue weighted by Gasteiger charge is -1.98. The number of nitrogens with zero attached hydrogens (tertiary/aromatic N) is 2. The molecule has 1 aromatic rings. The summed E-state index contributed by atoms with van der Waals surface area (Å²) in [5.74, 6) is 0. The lowest BCUT2D eigenvalue weighted by atomic mass is 10.3. The van der Waals surface area contributed by atoms with Crippen LogP contribution in [-0.2, 0) is 0 Å². The molecule has 0 bridgehead atoms. The van der Waals surface area contributed by atoms with Gasteiger partial charge in [0.15, 0.2) is 0 Å². The number of nitrogens with one attached hydrogen (secondary N) is 2. The normalized spacial score (nSPS) is 10.1. The topological polar surface area (TPSA) is 82.9 Å². The van der Waals surface area contributed by atoms with E-state index in [4.69, 9.17) is 0 Å². The van der Waals surface area contributed by atoms with Gasteiger partial charge in [-0.1, -0.05) is 28.4 Å². The van der Waals surface area contributed by atoms with Crippen molar-refractivity contribution in [1.82, 2.24) is 5.32 Å². The Morgan fingerprint density at radius 3 is 2.38 bits per heavy atom. The van der Waals surface area contributed by atoms with Crippen molar-refractivity contribution in [2.24, 2.45) is 10.2 Å². The van der Waals surface area contributed by atoms with E-state index in [0.29, 0.717) is 12.2 Å². The van der Waals surface area contributed by atoms with Crippen molar-refractivity contribution >= 4 is 17.7 Å². The molecule has 16 heavy (non-hydrogen) atoms. The highest BCUT2D eigenvalue weighted by molar-refractivity contribution is 5.90. The molecule has 0 aliphatic carbocycles. The Hall–Kier alpha value is -2.24. The van der Waals surface area contributed by atoms with Crippen molar-refractivity contribution in [3.8, 4) is 0 Å². The highest BCUT2D eigenvalue weighted by atomic mass is 16.2. The molecule has 0 aliphatic heterocycles. The largest absolute Gasteiger partial charge is 0.364 e. The molecule has 0 saturated heterocycles. The fourth-order valence-corrected chi connectivity index (χ4v) is 0.947. The van der Waals surface area contributed by atoms with Crippen molar-refractivity contribution in [1.29, 1.82) is 0 Å². The highest BCUT2D eigenvalue weighted by Crippen LogP contribution is 2.05. The predicted molar refractivity (Wildman–Crippen MR) is 59.4 cm³/mol. The number of amides is 4. The van der Waals surface area contributed by atoms with Gasteiger partial charge in [-0.3, -0.25) is 0 Å². The molecule has 0 heterocycles. The van der Waals surface area contributed by atoms with E-state index in [1.807, 2.05) is 6.07 Å². The van der Waals surface area contributed by atoms with Crippen LogP contribution in [0.3, 0.4) is 0 Å². The van der Waals surface area contributed by atoms with Gasteiger partial charge in [-0.25, -0.2) is 9.59 Å². The smallest absolute Gasteiger partial charge is 0.335 e. The van der Waals surface area contributed by atoms with Crippen LogP contribution < -0.4 is 10.6 Å². The van der Waals surface area contributed by atoms with Gasteiger partial charge in [-0.15, -0.1) is 0 Å². The quantitative estimate of drug-likeness (QED) is 0.750. The van der Waals surface area contributed by atoms with Crippen molar-refractivity contribution in [3.63, 3.8) is 0 Å². The molecule has 6 heteroatoms. The molecule has 1 rings (SSSR count). The van der Waals surface area contributed by atoms with Gasteiger partial charge in [0, 0.05) is 12.2 Å². The molecule has 0 radical (unpaired) electrons. The first-order chi connectivity index (χ1) is 7.72. The predicted octanol–water partition coefficient (Wildman–Crippen LogP) is 2.40. The Morgan fingerprint density at radius 2 is 1.75 bits per heavy atom. The Bertz CT molecular complexity index is 389. The summed E-state index contributed by atoms with van der Waals surface area (Å²) in [4.78, 5) is 22.0. The second-order valence-electron chi connectivity index (χ2n) is 2.83. The molecule has 0 aromatic heterocycles. The monoisotopic (exact) mass is 220 g/mol. The first kappa shape index (κ1) is 11.8. The second kappa shape index (κ2) is 6.28. The minimum atomic E-state index is -0.683. The Morgan fingerprint density at radius 1 is 1.12 bits per heavy atom. The van der Waals surface area contributed by atoms with Crippen molar-refractivity contribution < 1.29 is 9.59 Å². The first-order valence-electron chi connectivity index (χ1n) is 4.78. The SMILES string of the molecule is CCNC(=O)N=NC(=O)Nc1ccccc1. The van der Waals surface area contributed by atoms with Crippen LogP contribution >= 0.6 is 0 Å². The van der Waals surface area contributed by atoms with Crippen LogP contribution in [0.5, 0.6) is 0 Å².